The van der Waals surface area contributed by atoms with Gasteiger partial charge in [0.1, 0.15) is 11.5 Å². The highest BCUT2D eigenvalue weighted by Gasteiger charge is 2.30. The number of rotatable bonds is 6. The molecule has 8 nitrogen and oxygen atoms in total. The summed E-state index contributed by atoms with van der Waals surface area (Å²) in [5.41, 5.74) is 3.59. The first kappa shape index (κ1) is 19.0. The van der Waals surface area contributed by atoms with E-state index in [9.17, 15) is 9.59 Å². The Labute approximate surface area is 178 Å². The molecule has 3 N–H and O–H groups in total. The monoisotopic (exact) mass is 414 g/mol. The summed E-state index contributed by atoms with van der Waals surface area (Å²) in [6, 6.07) is 13.5. The number of fused-ring (bicyclic) bond motifs is 1. The standard InChI is InChI=1S/C23H22N6O2/c1-29-11-9-19(28-29)25-21(30)12-14-2-4-15(5-3-14)18-13-20(27-23(31)16-6-7-16)26-22-17(18)8-10-24-22/h2-5,8-11,13,16H,6-7,12H2,1H3,(H,25,28,30)(H2,24,26,27,31). The number of aromatic nitrogens is 4. The fraction of sp³-hybridized carbons (Fsp3) is 0.217. The second-order valence-electron chi connectivity index (χ2n) is 7.86. The number of pyridine rings is 1. The molecule has 1 saturated carbocycles. The first-order chi connectivity index (χ1) is 15.0. The predicted molar refractivity (Wildman–Crippen MR) is 118 cm³/mol. The highest BCUT2D eigenvalue weighted by Crippen LogP contribution is 2.33. The molecule has 0 bridgehead atoms. The minimum absolute atomic E-state index is 0.0265. The number of H-pyrrole nitrogens is 1. The molecule has 1 aromatic carbocycles. The van der Waals surface area contributed by atoms with Crippen LogP contribution in [-0.4, -0.2) is 31.6 Å². The molecule has 0 atom stereocenters. The number of anilines is 2. The first-order valence-corrected chi connectivity index (χ1v) is 10.2. The highest BCUT2D eigenvalue weighted by molar-refractivity contribution is 5.99. The van der Waals surface area contributed by atoms with Crippen LogP contribution in [-0.2, 0) is 23.1 Å². The van der Waals surface area contributed by atoms with Crippen molar-refractivity contribution < 1.29 is 9.59 Å². The van der Waals surface area contributed by atoms with Crippen LogP contribution in [0.2, 0.25) is 0 Å². The van der Waals surface area contributed by atoms with E-state index in [0.29, 0.717) is 11.6 Å². The van der Waals surface area contributed by atoms with Gasteiger partial charge in [-0.1, -0.05) is 24.3 Å². The van der Waals surface area contributed by atoms with Gasteiger partial charge in [0, 0.05) is 36.8 Å². The van der Waals surface area contributed by atoms with Gasteiger partial charge in [0.2, 0.25) is 11.8 Å². The fourth-order valence-electron chi connectivity index (χ4n) is 3.57. The maximum Gasteiger partial charge on any atom is 0.229 e. The number of hydrogen-bond acceptors (Lipinski definition) is 4. The average Bonchev–Trinajstić information content (AvgIpc) is 3.37. The summed E-state index contributed by atoms with van der Waals surface area (Å²) in [6.45, 7) is 0. The molecule has 1 aliphatic carbocycles. The second kappa shape index (κ2) is 7.71. The Kier molecular flexibility index (Phi) is 4.74. The third-order valence-electron chi connectivity index (χ3n) is 5.34. The van der Waals surface area contributed by atoms with Crippen LogP contribution in [0.25, 0.3) is 22.2 Å². The van der Waals surface area contributed by atoms with E-state index in [-0.39, 0.29) is 24.2 Å². The van der Waals surface area contributed by atoms with Crippen molar-refractivity contribution in [1.29, 1.82) is 0 Å². The molecule has 0 saturated heterocycles. The van der Waals surface area contributed by atoms with Crippen molar-refractivity contribution in [3.05, 3.63) is 60.4 Å². The summed E-state index contributed by atoms with van der Waals surface area (Å²) in [5, 5.41) is 10.9. The number of aromatic amines is 1. The van der Waals surface area contributed by atoms with Crippen LogP contribution in [0.1, 0.15) is 18.4 Å². The smallest absolute Gasteiger partial charge is 0.229 e. The molecule has 31 heavy (non-hydrogen) atoms. The Morgan fingerprint density at radius 3 is 2.61 bits per heavy atom. The van der Waals surface area contributed by atoms with E-state index >= 15 is 0 Å². The molecule has 8 heteroatoms. The summed E-state index contributed by atoms with van der Waals surface area (Å²) >= 11 is 0. The van der Waals surface area contributed by atoms with E-state index in [1.807, 2.05) is 42.6 Å². The maximum absolute atomic E-state index is 12.3. The quantitative estimate of drug-likeness (QED) is 0.449. The fourth-order valence-corrected chi connectivity index (χ4v) is 3.57. The highest BCUT2D eigenvalue weighted by atomic mass is 16.2. The molecule has 0 spiro atoms. The lowest BCUT2D eigenvalue weighted by Gasteiger charge is -2.09. The summed E-state index contributed by atoms with van der Waals surface area (Å²) < 4.78 is 1.64. The maximum atomic E-state index is 12.3. The van der Waals surface area contributed by atoms with E-state index in [1.165, 1.54) is 0 Å². The van der Waals surface area contributed by atoms with Crippen molar-refractivity contribution >= 4 is 34.5 Å². The summed E-state index contributed by atoms with van der Waals surface area (Å²) in [6.07, 6.45) is 5.76. The molecule has 4 aromatic rings. The van der Waals surface area contributed by atoms with Gasteiger partial charge in [-0.3, -0.25) is 14.3 Å². The summed E-state index contributed by atoms with van der Waals surface area (Å²) in [4.78, 5) is 32.1. The molecule has 156 valence electrons. The Morgan fingerprint density at radius 1 is 1.10 bits per heavy atom. The van der Waals surface area contributed by atoms with Crippen LogP contribution < -0.4 is 10.6 Å². The number of amides is 2. The van der Waals surface area contributed by atoms with Gasteiger partial charge in [-0.2, -0.15) is 5.10 Å². The molecule has 0 radical (unpaired) electrons. The number of aryl methyl sites for hydroxylation is 1. The van der Waals surface area contributed by atoms with E-state index in [2.05, 4.69) is 25.7 Å². The first-order valence-electron chi connectivity index (χ1n) is 10.2. The molecular weight excluding hydrogens is 392 g/mol. The van der Waals surface area contributed by atoms with Crippen molar-refractivity contribution in [2.75, 3.05) is 10.6 Å². The van der Waals surface area contributed by atoms with E-state index < -0.39 is 0 Å². The van der Waals surface area contributed by atoms with Gasteiger partial charge < -0.3 is 15.6 Å². The zero-order valence-corrected chi connectivity index (χ0v) is 17.1. The average molecular weight is 414 g/mol. The summed E-state index contributed by atoms with van der Waals surface area (Å²) in [5.74, 6) is 1.10. The molecule has 2 amide bonds. The third-order valence-corrected chi connectivity index (χ3v) is 5.34. The van der Waals surface area contributed by atoms with Gasteiger partial charge in [-0.25, -0.2) is 4.98 Å². The topological polar surface area (TPSA) is 105 Å². The van der Waals surface area contributed by atoms with E-state index in [4.69, 9.17) is 0 Å². The lowest BCUT2D eigenvalue weighted by atomic mass is 10.0. The zero-order chi connectivity index (χ0) is 21.4. The van der Waals surface area contributed by atoms with Gasteiger partial charge in [0.15, 0.2) is 5.82 Å². The number of carbonyl (C=O) groups excluding carboxylic acids is 2. The molecule has 0 aliphatic heterocycles. The lowest BCUT2D eigenvalue weighted by Crippen LogP contribution is -2.15. The number of nitrogens with zero attached hydrogens (tertiary/aromatic N) is 3. The van der Waals surface area contributed by atoms with Gasteiger partial charge in [-0.15, -0.1) is 0 Å². The van der Waals surface area contributed by atoms with Crippen molar-refractivity contribution in [2.45, 2.75) is 19.3 Å². The lowest BCUT2D eigenvalue weighted by molar-refractivity contribution is -0.117. The molecule has 5 rings (SSSR count). The zero-order valence-electron chi connectivity index (χ0n) is 17.1. The van der Waals surface area contributed by atoms with Crippen molar-refractivity contribution in [3.63, 3.8) is 0 Å². The van der Waals surface area contributed by atoms with Gasteiger partial charge >= 0.3 is 0 Å². The molecule has 1 aliphatic rings. The Morgan fingerprint density at radius 2 is 1.90 bits per heavy atom. The van der Waals surface area contributed by atoms with Crippen LogP contribution in [0, 0.1) is 5.92 Å². The van der Waals surface area contributed by atoms with Crippen LogP contribution in [0.5, 0.6) is 0 Å². The minimum Gasteiger partial charge on any atom is -0.346 e. The SMILES string of the molecule is Cn1ccc(NC(=O)Cc2ccc(-c3cc(NC(=O)C4CC4)nc4[nH]ccc34)cc2)n1. The van der Waals surface area contributed by atoms with Crippen molar-refractivity contribution in [3.8, 4) is 11.1 Å². The Balaban J connectivity index is 1.35. The minimum atomic E-state index is -0.117. The summed E-state index contributed by atoms with van der Waals surface area (Å²) in [7, 11) is 1.80. The Bertz CT molecular complexity index is 1270. The van der Waals surface area contributed by atoms with Crippen LogP contribution in [0.15, 0.2) is 54.9 Å². The predicted octanol–water partition coefficient (Wildman–Crippen LogP) is 3.49. The third kappa shape index (κ3) is 4.18. The number of carbonyl (C=O) groups is 2. The van der Waals surface area contributed by atoms with Crippen LogP contribution in [0.3, 0.4) is 0 Å². The number of hydrogen-bond donors (Lipinski definition) is 3. The van der Waals surface area contributed by atoms with Crippen molar-refractivity contribution in [1.82, 2.24) is 19.7 Å². The van der Waals surface area contributed by atoms with Crippen molar-refractivity contribution in [2.24, 2.45) is 13.0 Å². The largest absolute Gasteiger partial charge is 0.346 e. The van der Waals surface area contributed by atoms with E-state index in [0.717, 1.165) is 40.6 Å². The van der Waals surface area contributed by atoms with Crippen LogP contribution >= 0.6 is 0 Å². The Hall–Kier alpha value is -3.94. The van der Waals surface area contributed by atoms with Gasteiger partial charge in [-0.05, 0) is 41.7 Å². The number of nitrogens with one attached hydrogen (secondary N) is 3. The van der Waals surface area contributed by atoms with E-state index in [1.54, 1.807) is 24.0 Å². The molecule has 3 heterocycles. The number of benzene rings is 1. The molecule has 1 fully saturated rings. The normalized spacial score (nSPS) is 13.3. The molecule has 0 unspecified atom stereocenters. The second-order valence-corrected chi connectivity index (χ2v) is 7.86. The van der Waals surface area contributed by atoms with Crippen LogP contribution in [0.4, 0.5) is 11.6 Å². The molecular formula is C23H22N6O2. The van der Waals surface area contributed by atoms with Gasteiger partial charge in [0.25, 0.3) is 0 Å². The van der Waals surface area contributed by atoms with Gasteiger partial charge in [0.05, 0.1) is 6.42 Å². The molecule has 3 aromatic heterocycles.